The Balaban J connectivity index is 3.36. The molecule has 0 spiro atoms. The van der Waals surface area contributed by atoms with Gasteiger partial charge in [-0.3, -0.25) is 0 Å². The number of hydrogen-bond donors (Lipinski definition) is 1. The fourth-order valence-electron chi connectivity index (χ4n) is 0.905. The molecule has 0 radical (unpaired) electrons. The van der Waals surface area contributed by atoms with Crippen molar-refractivity contribution >= 4 is 37.5 Å². The van der Waals surface area contributed by atoms with Gasteiger partial charge in [-0.05, 0) is 31.9 Å². The number of anilines is 1. The lowest BCUT2D eigenvalue weighted by molar-refractivity contribution is 0.391. The van der Waals surface area contributed by atoms with Crippen LogP contribution in [0.2, 0.25) is 0 Å². The van der Waals surface area contributed by atoms with Gasteiger partial charge in [-0.25, -0.2) is 0 Å². The SMILES string of the molecule is COc1cc(OC)c(Br)c(N)c1Br. The van der Waals surface area contributed by atoms with Crippen LogP contribution in [-0.4, -0.2) is 14.2 Å². The molecule has 0 saturated carbocycles. The summed E-state index contributed by atoms with van der Waals surface area (Å²) < 4.78 is 11.6. The summed E-state index contributed by atoms with van der Waals surface area (Å²) in [5.74, 6) is 1.30. The molecule has 0 atom stereocenters. The standard InChI is InChI=1S/C8H9Br2NO2/c1-12-4-3-5(13-2)7(10)8(11)6(4)9/h3H,11H2,1-2H3. The summed E-state index contributed by atoms with van der Waals surface area (Å²) in [6, 6.07) is 1.75. The van der Waals surface area contributed by atoms with E-state index in [0.29, 0.717) is 17.2 Å². The summed E-state index contributed by atoms with van der Waals surface area (Å²) >= 11 is 6.64. The molecule has 1 aromatic rings. The van der Waals surface area contributed by atoms with E-state index in [4.69, 9.17) is 15.2 Å². The van der Waals surface area contributed by atoms with Gasteiger partial charge in [0.1, 0.15) is 11.5 Å². The second-order valence-electron chi connectivity index (χ2n) is 2.32. The highest BCUT2D eigenvalue weighted by Crippen LogP contribution is 2.42. The van der Waals surface area contributed by atoms with Crippen molar-refractivity contribution in [2.24, 2.45) is 0 Å². The van der Waals surface area contributed by atoms with Gasteiger partial charge >= 0.3 is 0 Å². The Morgan fingerprint density at radius 3 is 1.77 bits per heavy atom. The minimum absolute atomic E-state index is 0.566. The van der Waals surface area contributed by atoms with E-state index in [1.54, 1.807) is 20.3 Å². The smallest absolute Gasteiger partial charge is 0.138 e. The minimum atomic E-state index is 0.566. The van der Waals surface area contributed by atoms with Crippen LogP contribution in [-0.2, 0) is 0 Å². The van der Waals surface area contributed by atoms with E-state index in [2.05, 4.69) is 31.9 Å². The van der Waals surface area contributed by atoms with Gasteiger partial charge in [0.05, 0.1) is 28.9 Å². The van der Waals surface area contributed by atoms with Crippen LogP contribution in [0.4, 0.5) is 5.69 Å². The number of rotatable bonds is 2. The van der Waals surface area contributed by atoms with Crippen molar-refractivity contribution in [2.45, 2.75) is 0 Å². The zero-order chi connectivity index (χ0) is 10.0. The zero-order valence-electron chi connectivity index (χ0n) is 7.23. The second-order valence-corrected chi connectivity index (χ2v) is 3.91. The quantitative estimate of drug-likeness (QED) is 0.854. The molecule has 0 aliphatic rings. The maximum absolute atomic E-state index is 5.78. The van der Waals surface area contributed by atoms with Crippen molar-refractivity contribution in [2.75, 3.05) is 20.0 Å². The molecule has 0 aliphatic heterocycles. The highest BCUT2D eigenvalue weighted by Gasteiger charge is 2.13. The second kappa shape index (κ2) is 4.19. The number of nitrogens with two attached hydrogens (primary N) is 1. The van der Waals surface area contributed by atoms with Crippen LogP contribution in [0.15, 0.2) is 15.0 Å². The first kappa shape index (κ1) is 10.7. The van der Waals surface area contributed by atoms with E-state index < -0.39 is 0 Å². The lowest BCUT2D eigenvalue weighted by atomic mass is 10.3. The van der Waals surface area contributed by atoms with Crippen LogP contribution in [0.5, 0.6) is 11.5 Å². The van der Waals surface area contributed by atoms with Crippen molar-refractivity contribution < 1.29 is 9.47 Å². The maximum Gasteiger partial charge on any atom is 0.138 e. The fraction of sp³-hybridized carbons (Fsp3) is 0.250. The van der Waals surface area contributed by atoms with Crippen molar-refractivity contribution in [1.29, 1.82) is 0 Å². The predicted molar refractivity (Wildman–Crippen MR) is 59.4 cm³/mol. The van der Waals surface area contributed by atoms with Gasteiger partial charge in [-0.2, -0.15) is 0 Å². The molecule has 13 heavy (non-hydrogen) atoms. The Bertz CT molecular complexity index is 300. The minimum Gasteiger partial charge on any atom is -0.495 e. The van der Waals surface area contributed by atoms with E-state index in [-0.39, 0.29) is 0 Å². The Morgan fingerprint density at radius 1 is 1.08 bits per heavy atom. The monoisotopic (exact) mass is 309 g/mol. The third-order valence-corrected chi connectivity index (χ3v) is 3.24. The molecule has 2 N–H and O–H groups in total. The van der Waals surface area contributed by atoms with Crippen molar-refractivity contribution in [3.63, 3.8) is 0 Å². The van der Waals surface area contributed by atoms with Gasteiger partial charge in [-0.15, -0.1) is 0 Å². The summed E-state index contributed by atoms with van der Waals surface area (Å²) in [5, 5.41) is 0. The Kier molecular flexibility index (Phi) is 3.44. The first-order chi connectivity index (χ1) is 6.11. The number of nitrogen functional groups attached to an aromatic ring is 1. The summed E-state index contributed by atoms with van der Waals surface area (Å²) in [6.45, 7) is 0. The zero-order valence-corrected chi connectivity index (χ0v) is 10.4. The van der Waals surface area contributed by atoms with Crippen LogP contribution in [0.1, 0.15) is 0 Å². The van der Waals surface area contributed by atoms with Gasteiger partial charge in [0.25, 0.3) is 0 Å². The average molecular weight is 311 g/mol. The van der Waals surface area contributed by atoms with E-state index in [0.717, 1.165) is 8.95 Å². The molecule has 0 heterocycles. The van der Waals surface area contributed by atoms with E-state index >= 15 is 0 Å². The summed E-state index contributed by atoms with van der Waals surface area (Å²) in [6.07, 6.45) is 0. The van der Waals surface area contributed by atoms with E-state index in [1.165, 1.54) is 0 Å². The molecule has 0 fully saturated rings. The first-order valence-electron chi connectivity index (χ1n) is 3.47. The third-order valence-electron chi connectivity index (χ3n) is 1.61. The van der Waals surface area contributed by atoms with Gasteiger partial charge in [0.15, 0.2) is 0 Å². The van der Waals surface area contributed by atoms with Crippen molar-refractivity contribution in [3.05, 3.63) is 15.0 Å². The topological polar surface area (TPSA) is 44.5 Å². The highest BCUT2D eigenvalue weighted by atomic mass is 79.9. The first-order valence-corrected chi connectivity index (χ1v) is 5.05. The van der Waals surface area contributed by atoms with Crippen LogP contribution >= 0.6 is 31.9 Å². The summed E-state index contributed by atoms with van der Waals surface area (Å²) in [7, 11) is 3.15. The van der Waals surface area contributed by atoms with Gasteiger partial charge < -0.3 is 15.2 Å². The van der Waals surface area contributed by atoms with Crippen molar-refractivity contribution in [1.82, 2.24) is 0 Å². The molecule has 0 amide bonds. The molecule has 0 bridgehead atoms. The molecular formula is C8H9Br2NO2. The van der Waals surface area contributed by atoms with Gasteiger partial charge in [0.2, 0.25) is 0 Å². The average Bonchev–Trinajstić information content (AvgIpc) is 2.15. The van der Waals surface area contributed by atoms with Crippen molar-refractivity contribution in [3.8, 4) is 11.5 Å². The highest BCUT2D eigenvalue weighted by molar-refractivity contribution is 9.11. The lowest BCUT2D eigenvalue weighted by Crippen LogP contribution is -1.95. The molecule has 3 nitrogen and oxygen atoms in total. The molecule has 72 valence electrons. The van der Waals surface area contributed by atoms with Gasteiger partial charge in [0, 0.05) is 6.07 Å². The Morgan fingerprint density at radius 2 is 1.46 bits per heavy atom. The van der Waals surface area contributed by atoms with Crippen LogP contribution in [0.3, 0.4) is 0 Å². The largest absolute Gasteiger partial charge is 0.495 e. The molecule has 0 aliphatic carbocycles. The van der Waals surface area contributed by atoms with E-state index in [1.807, 2.05) is 0 Å². The summed E-state index contributed by atoms with van der Waals surface area (Å²) in [4.78, 5) is 0. The molecule has 0 saturated heterocycles. The van der Waals surface area contributed by atoms with Gasteiger partial charge in [-0.1, -0.05) is 0 Å². The van der Waals surface area contributed by atoms with Crippen LogP contribution < -0.4 is 15.2 Å². The number of benzene rings is 1. The van der Waals surface area contributed by atoms with Crippen LogP contribution in [0.25, 0.3) is 0 Å². The molecule has 1 aromatic carbocycles. The maximum atomic E-state index is 5.78. The summed E-state index contributed by atoms with van der Waals surface area (Å²) in [5.41, 5.74) is 6.35. The fourth-order valence-corrected chi connectivity index (χ4v) is 2.12. The lowest BCUT2D eigenvalue weighted by Gasteiger charge is -2.11. The molecule has 0 unspecified atom stereocenters. The predicted octanol–water partition coefficient (Wildman–Crippen LogP) is 2.81. The molecular weight excluding hydrogens is 302 g/mol. The van der Waals surface area contributed by atoms with Crippen LogP contribution in [0, 0.1) is 0 Å². The number of methoxy groups -OCH3 is 2. The number of halogens is 2. The number of ether oxygens (including phenoxy) is 2. The van der Waals surface area contributed by atoms with E-state index in [9.17, 15) is 0 Å². The molecule has 5 heteroatoms. The Hall–Kier alpha value is -0.420. The Labute approximate surface area is 93.5 Å². The number of hydrogen-bond acceptors (Lipinski definition) is 3. The third kappa shape index (κ3) is 1.91. The molecule has 1 rings (SSSR count). The normalized spacial score (nSPS) is 9.85. The molecule has 0 aromatic heterocycles.